The van der Waals surface area contributed by atoms with Crippen molar-refractivity contribution in [3.8, 4) is 0 Å². The van der Waals surface area contributed by atoms with Gasteiger partial charge in [0.2, 0.25) is 0 Å². The Labute approximate surface area is 122 Å². The van der Waals surface area contributed by atoms with Crippen LogP contribution in [0.3, 0.4) is 0 Å². The van der Waals surface area contributed by atoms with Gasteiger partial charge in [0, 0.05) is 0 Å². The molecule has 0 spiro atoms. The van der Waals surface area contributed by atoms with Gasteiger partial charge in [-0.3, -0.25) is 4.79 Å². The maximum absolute atomic E-state index is 12.7. The summed E-state index contributed by atoms with van der Waals surface area (Å²) in [5.41, 5.74) is 0.998. The van der Waals surface area contributed by atoms with Crippen molar-refractivity contribution < 1.29 is 9.53 Å². The van der Waals surface area contributed by atoms with E-state index >= 15 is 0 Å². The Balaban J connectivity index is 2.36. The normalized spacial score (nSPS) is 26.2. The first-order chi connectivity index (χ1) is 9.74. The van der Waals surface area contributed by atoms with E-state index in [0.717, 1.165) is 32.1 Å². The smallest absolute Gasteiger partial charge is 0.312 e. The largest absolute Gasteiger partial charge is 0.466 e. The van der Waals surface area contributed by atoms with E-state index in [0.29, 0.717) is 12.5 Å². The van der Waals surface area contributed by atoms with E-state index in [9.17, 15) is 4.79 Å². The Hall–Kier alpha value is -1.31. The van der Waals surface area contributed by atoms with Crippen molar-refractivity contribution >= 4 is 5.97 Å². The summed E-state index contributed by atoms with van der Waals surface area (Å²) in [4.78, 5) is 12.7. The highest BCUT2D eigenvalue weighted by Gasteiger charge is 2.47. The Bertz CT molecular complexity index is 422. The van der Waals surface area contributed by atoms with E-state index in [-0.39, 0.29) is 11.4 Å². The van der Waals surface area contributed by atoms with Crippen LogP contribution in [-0.2, 0) is 9.53 Å². The molecule has 0 aromatic heterocycles. The van der Waals surface area contributed by atoms with Crippen LogP contribution in [-0.4, -0.2) is 12.6 Å². The Morgan fingerprint density at radius 2 is 2.00 bits per heavy atom. The fraction of sp³-hybridized carbons (Fsp3) is 0.611. The summed E-state index contributed by atoms with van der Waals surface area (Å²) in [6.07, 6.45) is 6.39. The van der Waals surface area contributed by atoms with Gasteiger partial charge in [-0.25, -0.2) is 0 Å². The predicted molar refractivity (Wildman–Crippen MR) is 81.6 cm³/mol. The average molecular weight is 274 g/mol. The van der Waals surface area contributed by atoms with Crippen LogP contribution in [0.5, 0.6) is 0 Å². The zero-order chi connectivity index (χ0) is 14.4. The van der Waals surface area contributed by atoms with Gasteiger partial charge in [0.15, 0.2) is 0 Å². The molecule has 0 heterocycles. The lowest BCUT2D eigenvalue weighted by Gasteiger charge is -2.42. The topological polar surface area (TPSA) is 26.3 Å². The summed E-state index contributed by atoms with van der Waals surface area (Å²) < 4.78 is 5.45. The van der Waals surface area contributed by atoms with Gasteiger partial charge in [-0.2, -0.15) is 0 Å². The Morgan fingerprint density at radius 1 is 1.25 bits per heavy atom. The molecule has 0 amide bonds. The van der Waals surface area contributed by atoms with E-state index in [1.165, 1.54) is 12.0 Å². The fourth-order valence-corrected chi connectivity index (χ4v) is 3.78. The van der Waals surface area contributed by atoms with Gasteiger partial charge in [-0.1, -0.05) is 56.5 Å². The molecule has 0 radical (unpaired) electrons. The second kappa shape index (κ2) is 6.92. The quantitative estimate of drug-likeness (QED) is 0.728. The molecule has 0 bridgehead atoms. The summed E-state index contributed by atoms with van der Waals surface area (Å²) in [5, 5.41) is 0. The molecule has 0 saturated heterocycles. The lowest BCUT2D eigenvalue weighted by atomic mass is 9.61. The van der Waals surface area contributed by atoms with Gasteiger partial charge in [0.05, 0.1) is 12.0 Å². The minimum atomic E-state index is -0.301. The number of hydrogen-bond donors (Lipinski definition) is 0. The zero-order valence-corrected chi connectivity index (χ0v) is 12.7. The number of rotatable bonds is 5. The number of esters is 1. The first-order valence-electron chi connectivity index (χ1n) is 7.96. The van der Waals surface area contributed by atoms with Gasteiger partial charge in [-0.05, 0) is 37.7 Å². The van der Waals surface area contributed by atoms with Gasteiger partial charge < -0.3 is 4.74 Å². The summed E-state index contributed by atoms with van der Waals surface area (Å²) in [6, 6.07) is 10.5. The molecule has 2 rings (SSSR count). The average Bonchev–Trinajstić information content (AvgIpc) is 2.49. The molecule has 20 heavy (non-hydrogen) atoms. The number of benzene rings is 1. The van der Waals surface area contributed by atoms with E-state index in [1.54, 1.807) is 0 Å². The third-order valence-electron chi connectivity index (χ3n) is 4.61. The molecular formula is C18H26O2. The van der Waals surface area contributed by atoms with Gasteiger partial charge >= 0.3 is 5.97 Å². The highest BCUT2D eigenvalue weighted by Crippen LogP contribution is 2.51. The summed E-state index contributed by atoms with van der Waals surface area (Å²) in [6.45, 7) is 4.54. The van der Waals surface area contributed by atoms with Crippen LogP contribution >= 0.6 is 0 Å². The Morgan fingerprint density at radius 3 is 2.65 bits per heavy atom. The van der Waals surface area contributed by atoms with Crippen molar-refractivity contribution in [1.29, 1.82) is 0 Å². The highest BCUT2D eigenvalue weighted by molar-refractivity contribution is 5.78. The maximum atomic E-state index is 12.7. The summed E-state index contributed by atoms with van der Waals surface area (Å²) >= 11 is 0. The number of carbonyl (C=O) groups is 1. The lowest BCUT2D eigenvalue weighted by molar-refractivity contribution is -0.159. The zero-order valence-electron chi connectivity index (χ0n) is 12.7. The minimum Gasteiger partial charge on any atom is -0.466 e. The molecule has 1 aliphatic carbocycles. The molecule has 2 atom stereocenters. The summed E-state index contributed by atoms with van der Waals surface area (Å²) in [5.74, 6) is 0.340. The number of carbonyl (C=O) groups excluding carboxylic acids is 1. The van der Waals surface area contributed by atoms with Crippen LogP contribution in [0.25, 0.3) is 0 Å². The van der Waals surface area contributed by atoms with Crippen LogP contribution in [0.15, 0.2) is 30.3 Å². The molecule has 2 unspecified atom stereocenters. The molecule has 1 aromatic rings. The molecule has 1 saturated carbocycles. The van der Waals surface area contributed by atoms with E-state index < -0.39 is 0 Å². The van der Waals surface area contributed by atoms with Gasteiger partial charge in [0.1, 0.15) is 0 Å². The minimum absolute atomic E-state index is 0.0235. The number of ether oxygens (including phenoxy) is 1. The Kier molecular flexibility index (Phi) is 5.22. The molecule has 1 aromatic carbocycles. The molecule has 0 aliphatic heterocycles. The third kappa shape index (κ3) is 2.89. The standard InChI is InChI=1S/C18H26O2/c1-3-13-18(17(19)20-4-2)14-9-8-12-16(18)15-10-6-5-7-11-15/h5-7,10-11,16H,3-4,8-9,12-14H2,1-2H3. The molecule has 1 aliphatic rings. The van der Waals surface area contributed by atoms with Crippen molar-refractivity contribution in [2.45, 2.75) is 58.3 Å². The predicted octanol–water partition coefficient (Wildman–Crippen LogP) is 4.69. The van der Waals surface area contributed by atoms with Crippen molar-refractivity contribution in [3.63, 3.8) is 0 Å². The molecule has 1 fully saturated rings. The first kappa shape index (κ1) is 15.1. The van der Waals surface area contributed by atoms with Crippen molar-refractivity contribution in [3.05, 3.63) is 35.9 Å². The van der Waals surface area contributed by atoms with Crippen LogP contribution in [0.2, 0.25) is 0 Å². The lowest BCUT2D eigenvalue weighted by Crippen LogP contribution is -2.41. The van der Waals surface area contributed by atoms with Gasteiger partial charge in [0.25, 0.3) is 0 Å². The SMILES string of the molecule is CCCC1(C(=O)OCC)CCCCC1c1ccccc1. The van der Waals surface area contributed by atoms with Crippen LogP contribution in [0.1, 0.15) is 63.9 Å². The molecule has 110 valence electrons. The van der Waals surface area contributed by atoms with Crippen LogP contribution in [0.4, 0.5) is 0 Å². The van der Waals surface area contributed by atoms with Crippen LogP contribution < -0.4 is 0 Å². The summed E-state index contributed by atoms with van der Waals surface area (Å²) in [7, 11) is 0. The highest BCUT2D eigenvalue weighted by atomic mass is 16.5. The van der Waals surface area contributed by atoms with Crippen molar-refractivity contribution in [2.75, 3.05) is 6.61 Å². The maximum Gasteiger partial charge on any atom is 0.312 e. The second-order valence-electron chi connectivity index (χ2n) is 5.84. The molecule has 2 heteroatoms. The van der Waals surface area contributed by atoms with E-state index in [4.69, 9.17) is 4.74 Å². The first-order valence-corrected chi connectivity index (χ1v) is 7.96. The molecule has 2 nitrogen and oxygen atoms in total. The third-order valence-corrected chi connectivity index (χ3v) is 4.61. The number of hydrogen-bond acceptors (Lipinski definition) is 2. The molecular weight excluding hydrogens is 248 g/mol. The molecule has 0 N–H and O–H groups in total. The van der Waals surface area contributed by atoms with Crippen molar-refractivity contribution in [2.24, 2.45) is 5.41 Å². The fourth-order valence-electron chi connectivity index (χ4n) is 3.78. The van der Waals surface area contributed by atoms with Crippen molar-refractivity contribution in [1.82, 2.24) is 0 Å². The second-order valence-corrected chi connectivity index (χ2v) is 5.84. The monoisotopic (exact) mass is 274 g/mol. The van der Waals surface area contributed by atoms with E-state index in [1.807, 2.05) is 13.0 Å². The van der Waals surface area contributed by atoms with Crippen LogP contribution in [0, 0.1) is 5.41 Å². The van der Waals surface area contributed by atoms with E-state index in [2.05, 4.69) is 31.2 Å². The van der Waals surface area contributed by atoms with Gasteiger partial charge in [-0.15, -0.1) is 0 Å².